The van der Waals surface area contributed by atoms with Gasteiger partial charge in [0.1, 0.15) is 6.04 Å². The summed E-state index contributed by atoms with van der Waals surface area (Å²) in [5.74, 6) is -1.68. The minimum atomic E-state index is -1.04. The molecule has 0 aliphatic heterocycles. The number of nitrogens with one attached hydrogen (secondary N) is 1. The third kappa shape index (κ3) is 4.35. The van der Waals surface area contributed by atoms with Crippen LogP contribution < -0.4 is 5.32 Å². The van der Waals surface area contributed by atoms with Crippen molar-refractivity contribution in [1.82, 2.24) is 5.32 Å². The summed E-state index contributed by atoms with van der Waals surface area (Å²) in [6, 6.07) is 8.11. The molecule has 5 heteroatoms. The molecule has 2 unspecified atom stereocenters. The molecule has 2 N–H and O–H groups in total. The van der Waals surface area contributed by atoms with E-state index < -0.39 is 24.0 Å². The van der Waals surface area contributed by atoms with Crippen LogP contribution >= 0.6 is 0 Å². The van der Waals surface area contributed by atoms with E-state index in [1.165, 1.54) is 0 Å². The molecule has 0 aliphatic rings. The maximum absolute atomic E-state index is 12.3. The number of amides is 1. The molecular formula is C15H21NO4. The number of carboxylic acid groups (broad SMARTS) is 1. The van der Waals surface area contributed by atoms with E-state index in [2.05, 4.69) is 5.32 Å². The molecule has 0 radical (unpaired) electrons. The van der Waals surface area contributed by atoms with E-state index in [-0.39, 0.29) is 5.92 Å². The van der Waals surface area contributed by atoms with Crippen molar-refractivity contribution in [2.45, 2.75) is 32.9 Å². The Bertz CT molecular complexity index is 444. The van der Waals surface area contributed by atoms with Crippen LogP contribution in [-0.2, 0) is 14.3 Å². The average Bonchev–Trinajstić information content (AvgIpc) is 2.42. The Morgan fingerprint density at radius 1 is 1.25 bits per heavy atom. The van der Waals surface area contributed by atoms with Crippen LogP contribution in [-0.4, -0.2) is 29.6 Å². The minimum Gasteiger partial charge on any atom is -0.480 e. The third-order valence-corrected chi connectivity index (χ3v) is 2.90. The average molecular weight is 279 g/mol. The van der Waals surface area contributed by atoms with E-state index in [0.717, 1.165) is 0 Å². The fourth-order valence-corrected chi connectivity index (χ4v) is 1.86. The van der Waals surface area contributed by atoms with E-state index in [0.29, 0.717) is 12.2 Å². The summed E-state index contributed by atoms with van der Waals surface area (Å²) in [5.41, 5.74) is 0.708. The highest BCUT2D eigenvalue weighted by atomic mass is 16.5. The summed E-state index contributed by atoms with van der Waals surface area (Å²) in [6.07, 6.45) is -0.790. The number of aliphatic carboxylic acids is 1. The molecule has 0 saturated heterocycles. The maximum atomic E-state index is 12.3. The monoisotopic (exact) mass is 279 g/mol. The van der Waals surface area contributed by atoms with Crippen molar-refractivity contribution in [3.63, 3.8) is 0 Å². The maximum Gasteiger partial charge on any atom is 0.326 e. The lowest BCUT2D eigenvalue weighted by molar-refractivity contribution is -0.145. The Balaban J connectivity index is 2.87. The number of benzene rings is 1. The first kappa shape index (κ1) is 16.2. The van der Waals surface area contributed by atoms with Gasteiger partial charge in [0, 0.05) is 6.61 Å². The second-order valence-electron chi connectivity index (χ2n) is 4.81. The van der Waals surface area contributed by atoms with Crippen molar-refractivity contribution in [2.75, 3.05) is 6.61 Å². The molecule has 0 aromatic heterocycles. The summed E-state index contributed by atoms with van der Waals surface area (Å²) in [4.78, 5) is 23.4. The molecule has 0 bridgehead atoms. The van der Waals surface area contributed by atoms with Gasteiger partial charge in [0.15, 0.2) is 6.10 Å². The molecule has 0 fully saturated rings. The van der Waals surface area contributed by atoms with Gasteiger partial charge in [0.2, 0.25) is 0 Å². The zero-order chi connectivity index (χ0) is 15.1. The predicted molar refractivity (Wildman–Crippen MR) is 75.2 cm³/mol. The Labute approximate surface area is 118 Å². The second-order valence-corrected chi connectivity index (χ2v) is 4.81. The summed E-state index contributed by atoms with van der Waals surface area (Å²) in [5, 5.41) is 11.7. The highest BCUT2D eigenvalue weighted by molar-refractivity contribution is 5.87. The third-order valence-electron chi connectivity index (χ3n) is 2.90. The zero-order valence-corrected chi connectivity index (χ0v) is 12.0. The van der Waals surface area contributed by atoms with Gasteiger partial charge in [-0.3, -0.25) is 4.79 Å². The quantitative estimate of drug-likeness (QED) is 0.800. The smallest absolute Gasteiger partial charge is 0.326 e. The van der Waals surface area contributed by atoms with Gasteiger partial charge in [0.25, 0.3) is 5.91 Å². The fourth-order valence-electron chi connectivity index (χ4n) is 1.86. The van der Waals surface area contributed by atoms with E-state index in [1.54, 1.807) is 32.9 Å². The van der Waals surface area contributed by atoms with Crippen molar-refractivity contribution >= 4 is 11.9 Å². The summed E-state index contributed by atoms with van der Waals surface area (Å²) in [7, 11) is 0. The van der Waals surface area contributed by atoms with Gasteiger partial charge in [-0.1, -0.05) is 44.2 Å². The van der Waals surface area contributed by atoms with Gasteiger partial charge in [0.05, 0.1) is 0 Å². The zero-order valence-electron chi connectivity index (χ0n) is 12.0. The van der Waals surface area contributed by atoms with Crippen LogP contribution in [0.2, 0.25) is 0 Å². The summed E-state index contributed by atoms with van der Waals surface area (Å²) < 4.78 is 5.45. The number of ether oxygens (including phenoxy) is 1. The topological polar surface area (TPSA) is 75.6 Å². The van der Waals surface area contributed by atoms with E-state index in [9.17, 15) is 9.59 Å². The number of rotatable bonds is 7. The van der Waals surface area contributed by atoms with Gasteiger partial charge in [-0.2, -0.15) is 0 Å². The SMILES string of the molecule is CCOC(C(=O)NC(C(=O)O)C(C)C)c1ccccc1. The molecule has 1 aromatic carbocycles. The molecule has 2 atom stereocenters. The number of carboxylic acids is 1. The lowest BCUT2D eigenvalue weighted by Gasteiger charge is -2.22. The van der Waals surface area contributed by atoms with Gasteiger partial charge in [-0.05, 0) is 18.4 Å². The standard InChI is InChI=1S/C15H21NO4/c1-4-20-13(11-8-6-5-7-9-11)14(17)16-12(10(2)3)15(18)19/h5-10,12-13H,4H2,1-3H3,(H,16,17)(H,18,19). The molecule has 1 aromatic rings. The minimum absolute atomic E-state index is 0.200. The van der Waals surface area contributed by atoms with Gasteiger partial charge in [-0.25, -0.2) is 4.79 Å². The molecule has 0 heterocycles. The van der Waals surface area contributed by atoms with Gasteiger partial charge < -0.3 is 15.2 Å². The first-order valence-corrected chi connectivity index (χ1v) is 6.67. The van der Waals surface area contributed by atoms with Crippen LogP contribution in [0.15, 0.2) is 30.3 Å². The Morgan fingerprint density at radius 3 is 2.30 bits per heavy atom. The van der Waals surface area contributed by atoms with E-state index in [4.69, 9.17) is 9.84 Å². The second kappa shape index (κ2) is 7.65. The highest BCUT2D eigenvalue weighted by Crippen LogP contribution is 2.18. The Kier molecular flexibility index (Phi) is 6.18. The van der Waals surface area contributed by atoms with Crippen LogP contribution in [0.4, 0.5) is 0 Å². The summed E-state index contributed by atoms with van der Waals surface area (Å²) >= 11 is 0. The molecule has 0 spiro atoms. The van der Waals surface area contributed by atoms with E-state index in [1.807, 2.05) is 18.2 Å². The number of hydrogen-bond donors (Lipinski definition) is 2. The molecule has 0 saturated carbocycles. The lowest BCUT2D eigenvalue weighted by Crippen LogP contribution is -2.46. The Morgan fingerprint density at radius 2 is 1.85 bits per heavy atom. The fraction of sp³-hybridized carbons (Fsp3) is 0.467. The number of carbonyl (C=O) groups is 2. The van der Waals surface area contributed by atoms with Gasteiger partial charge >= 0.3 is 5.97 Å². The molecule has 20 heavy (non-hydrogen) atoms. The van der Waals surface area contributed by atoms with Crippen LogP contribution in [0.3, 0.4) is 0 Å². The number of hydrogen-bond acceptors (Lipinski definition) is 3. The van der Waals surface area contributed by atoms with Crippen LogP contribution in [0.1, 0.15) is 32.4 Å². The molecule has 1 amide bonds. The molecule has 110 valence electrons. The van der Waals surface area contributed by atoms with Crippen molar-refractivity contribution in [3.8, 4) is 0 Å². The van der Waals surface area contributed by atoms with Crippen molar-refractivity contribution in [1.29, 1.82) is 0 Å². The van der Waals surface area contributed by atoms with Crippen molar-refractivity contribution < 1.29 is 19.4 Å². The van der Waals surface area contributed by atoms with E-state index >= 15 is 0 Å². The van der Waals surface area contributed by atoms with Crippen LogP contribution in [0, 0.1) is 5.92 Å². The first-order chi connectivity index (χ1) is 9.47. The first-order valence-electron chi connectivity index (χ1n) is 6.67. The molecular weight excluding hydrogens is 258 g/mol. The number of carbonyl (C=O) groups excluding carboxylic acids is 1. The van der Waals surface area contributed by atoms with Crippen LogP contribution in [0.25, 0.3) is 0 Å². The van der Waals surface area contributed by atoms with Crippen molar-refractivity contribution in [2.24, 2.45) is 5.92 Å². The normalized spacial score (nSPS) is 13.8. The van der Waals surface area contributed by atoms with Crippen LogP contribution in [0.5, 0.6) is 0 Å². The van der Waals surface area contributed by atoms with Crippen molar-refractivity contribution in [3.05, 3.63) is 35.9 Å². The predicted octanol–water partition coefficient (Wildman–Crippen LogP) is 1.99. The highest BCUT2D eigenvalue weighted by Gasteiger charge is 2.28. The van der Waals surface area contributed by atoms with Gasteiger partial charge in [-0.15, -0.1) is 0 Å². The molecule has 5 nitrogen and oxygen atoms in total. The summed E-state index contributed by atoms with van der Waals surface area (Å²) in [6.45, 7) is 5.65. The molecule has 1 rings (SSSR count). The lowest BCUT2D eigenvalue weighted by atomic mass is 10.0. The largest absolute Gasteiger partial charge is 0.480 e. The molecule has 0 aliphatic carbocycles. The Hall–Kier alpha value is -1.88.